The van der Waals surface area contributed by atoms with Gasteiger partial charge in [-0.1, -0.05) is 5.16 Å². The highest BCUT2D eigenvalue weighted by Crippen LogP contribution is 2.22. The smallest absolute Gasteiger partial charge is 0.240 e. The molecular formula is C13H22N4O. The van der Waals surface area contributed by atoms with Gasteiger partial charge in [0.25, 0.3) is 0 Å². The van der Waals surface area contributed by atoms with E-state index in [0.717, 1.165) is 43.3 Å². The predicted molar refractivity (Wildman–Crippen MR) is 68.1 cm³/mol. The van der Waals surface area contributed by atoms with Gasteiger partial charge in [-0.05, 0) is 58.2 Å². The zero-order chi connectivity index (χ0) is 12.4. The second-order valence-corrected chi connectivity index (χ2v) is 5.64. The minimum atomic E-state index is 0.730. The lowest BCUT2D eigenvalue weighted by Crippen LogP contribution is -2.37. The predicted octanol–water partition coefficient (Wildman–Crippen LogP) is 1.34. The van der Waals surface area contributed by atoms with E-state index in [1.54, 1.807) is 0 Å². The number of piperidine rings is 1. The molecule has 2 fully saturated rings. The van der Waals surface area contributed by atoms with Gasteiger partial charge in [0.15, 0.2) is 5.82 Å². The second-order valence-electron chi connectivity index (χ2n) is 5.64. The zero-order valence-electron chi connectivity index (χ0n) is 11.1. The maximum absolute atomic E-state index is 5.17. The highest BCUT2D eigenvalue weighted by Gasteiger charge is 2.24. The van der Waals surface area contributed by atoms with Gasteiger partial charge in [-0.25, -0.2) is 0 Å². The second kappa shape index (κ2) is 5.36. The van der Waals surface area contributed by atoms with Gasteiger partial charge in [0.1, 0.15) is 0 Å². The summed E-state index contributed by atoms with van der Waals surface area (Å²) in [7, 11) is 0. The van der Waals surface area contributed by atoms with Crippen molar-refractivity contribution in [1.29, 1.82) is 0 Å². The van der Waals surface area contributed by atoms with E-state index >= 15 is 0 Å². The quantitative estimate of drug-likeness (QED) is 0.854. The summed E-state index contributed by atoms with van der Waals surface area (Å²) in [5.74, 6) is 2.34. The molecule has 0 radical (unpaired) electrons. The molecule has 0 amide bonds. The number of nitrogens with one attached hydrogen (secondary N) is 1. The van der Waals surface area contributed by atoms with E-state index in [1.807, 2.05) is 6.92 Å². The normalized spacial score (nSPS) is 22.5. The highest BCUT2D eigenvalue weighted by atomic mass is 16.5. The maximum Gasteiger partial charge on any atom is 0.240 e. The van der Waals surface area contributed by atoms with Gasteiger partial charge in [-0.15, -0.1) is 0 Å². The molecule has 1 aromatic heterocycles. The molecule has 100 valence electrons. The monoisotopic (exact) mass is 250 g/mol. The molecule has 1 saturated heterocycles. The van der Waals surface area contributed by atoms with E-state index in [2.05, 4.69) is 20.4 Å². The molecular weight excluding hydrogens is 228 g/mol. The molecule has 0 spiro atoms. The van der Waals surface area contributed by atoms with Gasteiger partial charge >= 0.3 is 0 Å². The van der Waals surface area contributed by atoms with Crippen LogP contribution in [0.2, 0.25) is 0 Å². The van der Waals surface area contributed by atoms with Crippen molar-refractivity contribution in [2.45, 2.75) is 45.2 Å². The van der Waals surface area contributed by atoms with Gasteiger partial charge in [-0.3, -0.25) is 4.90 Å². The molecule has 2 heterocycles. The first-order valence-electron chi connectivity index (χ1n) is 7.04. The van der Waals surface area contributed by atoms with Crippen molar-refractivity contribution in [2.24, 2.45) is 5.92 Å². The number of aromatic nitrogens is 2. The van der Waals surface area contributed by atoms with Gasteiger partial charge in [0.2, 0.25) is 5.89 Å². The maximum atomic E-state index is 5.17. The highest BCUT2D eigenvalue weighted by molar-refractivity contribution is 4.86. The van der Waals surface area contributed by atoms with Gasteiger partial charge < -0.3 is 9.84 Å². The van der Waals surface area contributed by atoms with E-state index in [-0.39, 0.29) is 0 Å². The molecule has 2 aliphatic rings. The summed E-state index contributed by atoms with van der Waals surface area (Å²) in [5, 5.41) is 7.46. The lowest BCUT2D eigenvalue weighted by atomic mass is 9.97. The Bertz CT molecular complexity index is 380. The molecule has 1 saturated carbocycles. The molecule has 1 N–H and O–H groups in total. The first-order valence-corrected chi connectivity index (χ1v) is 7.04. The van der Waals surface area contributed by atoms with Crippen LogP contribution in [0.5, 0.6) is 0 Å². The van der Waals surface area contributed by atoms with Crippen molar-refractivity contribution in [3.8, 4) is 0 Å². The van der Waals surface area contributed by atoms with Crippen LogP contribution in [0, 0.1) is 12.8 Å². The summed E-state index contributed by atoms with van der Waals surface area (Å²) in [5.41, 5.74) is 0. The molecule has 0 bridgehead atoms. The largest absolute Gasteiger partial charge is 0.338 e. The molecule has 1 aliphatic carbocycles. The molecule has 0 aromatic carbocycles. The van der Waals surface area contributed by atoms with Gasteiger partial charge in [0.05, 0.1) is 6.54 Å². The third-order valence-electron chi connectivity index (χ3n) is 3.91. The van der Waals surface area contributed by atoms with Crippen molar-refractivity contribution < 1.29 is 4.52 Å². The van der Waals surface area contributed by atoms with E-state index in [4.69, 9.17) is 4.52 Å². The minimum Gasteiger partial charge on any atom is -0.338 e. The van der Waals surface area contributed by atoms with Crippen molar-refractivity contribution in [1.82, 2.24) is 20.4 Å². The van der Waals surface area contributed by atoms with Crippen LogP contribution in [-0.4, -0.2) is 40.7 Å². The minimum absolute atomic E-state index is 0.730. The molecule has 18 heavy (non-hydrogen) atoms. The fourth-order valence-electron chi connectivity index (χ4n) is 2.57. The molecule has 5 nitrogen and oxygen atoms in total. The summed E-state index contributed by atoms with van der Waals surface area (Å²) in [6.07, 6.45) is 5.34. The van der Waals surface area contributed by atoms with Crippen molar-refractivity contribution >= 4 is 0 Å². The third kappa shape index (κ3) is 3.29. The summed E-state index contributed by atoms with van der Waals surface area (Å²) in [6, 6.07) is 0.837. The number of rotatable bonds is 5. The SMILES string of the molecule is Cc1noc(CN2CCC(CNC3CC3)CC2)n1. The van der Waals surface area contributed by atoms with Crippen LogP contribution in [0.15, 0.2) is 4.52 Å². The van der Waals surface area contributed by atoms with Crippen molar-refractivity contribution in [3.05, 3.63) is 11.7 Å². The molecule has 3 rings (SSSR count). The lowest BCUT2D eigenvalue weighted by molar-refractivity contribution is 0.157. The molecule has 5 heteroatoms. The van der Waals surface area contributed by atoms with E-state index in [1.165, 1.54) is 32.2 Å². The Labute approximate surface area is 108 Å². The van der Waals surface area contributed by atoms with Crippen LogP contribution < -0.4 is 5.32 Å². The average Bonchev–Trinajstić information content (AvgIpc) is 3.12. The molecule has 0 atom stereocenters. The Morgan fingerprint density at radius 3 is 2.67 bits per heavy atom. The Kier molecular flexibility index (Phi) is 3.61. The number of hydrogen-bond donors (Lipinski definition) is 1. The molecule has 1 aromatic rings. The molecule has 1 aliphatic heterocycles. The topological polar surface area (TPSA) is 54.2 Å². The van der Waals surface area contributed by atoms with Crippen LogP contribution in [0.4, 0.5) is 0 Å². The Morgan fingerprint density at radius 1 is 1.28 bits per heavy atom. The van der Waals surface area contributed by atoms with Crippen LogP contribution in [0.3, 0.4) is 0 Å². The van der Waals surface area contributed by atoms with E-state index < -0.39 is 0 Å². The van der Waals surface area contributed by atoms with Gasteiger partial charge in [-0.2, -0.15) is 4.98 Å². The third-order valence-corrected chi connectivity index (χ3v) is 3.91. The summed E-state index contributed by atoms with van der Waals surface area (Å²) in [4.78, 5) is 6.68. The van der Waals surface area contributed by atoms with Crippen molar-refractivity contribution in [2.75, 3.05) is 19.6 Å². The Morgan fingerprint density at radius 2 is 2.06 bits per heavy atom. The number of nitrogens with zero attached hydrogens (tertiary/aromatic N) is 3. The van der Waals surface area contributed by atoms with Crippen LogP contribution in [0.25, 0.3) is 0 Å². The fraction of sp³-hybridized carbons (Fsp3) is 0.846. The van der Waals surface area contributed by atoms with E-state index in [0.29, 0.717) is 0 Å². The first kappa shape index (κ1) is 12.1. The standard InChI is InChI=1S/C13H22N4O/c1-10-15-13(18-16-10)9-17-6-4-11(5-7-17)8-14-12-2-3-12/h11-12,14H,2-9H2,1H3. The van der Waals surface area contributed by atoms with E-state index in [9.17, 15) is 0 Å². The Balaban J connectivity index is 1.39. The van der Waals surface area contributed by atoms with Crippen LogP contribution in [-0.2, 0) is 6.54 Å². The average molecular weight is 250 g/mol. The van der Waals surface area contributed by atoms with Crippen LogP contribution >= 0.6 is 0 Å². The summed E-state index contributed by atoms with van der Waals surface area (Å²) in [6.45, 7) is 6.18. The first-order chi connectivity index (χ1) is 8.79. The fourth-order valence-corrected chi connectivity index (χ4v) is 2.57. The number of hydrogen-bond acceptors (Lipinski definition) is 5. The molecule has 0 unspecified atom stereocenters. The van der Waals surface area contributed by atoms with Crippen molar-refractivity contribution in [3.63, 3.8) is 0 Å². The zero-order valence-corrected chi connectivity index (χ0v) is 11.1. The number of aryl methyl sites for hydroxylation is 1. The number of likely N-dealkylation sites (tertiary alicyclic amines) is 1. The van der Waals surface area contributed by atoms with Crippen LogP contribution in [0.1, 0.15) is 37.4 Å². The Hall–Kier alpha value is -0.940. The lowest BCUT2D eigenvalue weighted by Gasteiger charge is -2.31. The summed E-state index contributed by atoms with van der Waals surface area (Å²) >= 11 is 0. The van der Waals surface area contributed by atoms with Gasteiger partial charge in [0, 0.05) is 6.04 Å². The summed E-state index contributed by atoms with van der Waals surface area (Å²) < 4.78 is 5.17.